The average Bonchev–Trinajstić information content (AvgIpc) is 2.65. The number of carbonyl (C=O) groups is 1. The lowest BCUT2D eigenvalue weighted by atomic mass is 10.0. The third-order valence-corrected chi connectivity index (χ3v) is 2.05. The van der Waals surface area contributed by atoms with E-state index in [1.165, 1.54) is 7.11 Å². The molecule has 0 amide bonds. The van der Waals surface area contributed by atoms with E-state index in [9.17, 15) is 4.79 Å². The van der Waals surface area contributed by atoms with Crippen molar-refractivity contribution < 1.29 is 9.53 Å². The number of carbonyl (C=O) groups excluding carboxylic acids is 1. The molecule has 4 nitrogen and oxygen atoms in total. The van der Waals surface area contributed by atoms with Crippen molar-refractivity contribution in [3.63, 3.8) is 0 Å². The second-order valence-corrected chi connectivity index (χ2v) is 3.68. The first-order valence-electron chi connectivity index (χ1n) is 4.70. The summed E-state index contributed by atoms with van der Waals surface area (Å²) in [5.41, 5.74) is 0. The summed E-state index contributed by atoms with van der Waals surface area (Å²) in [5, 5.41) is 0. The number of aromatic nitrogens is 2. The molecular weight excluding hydrogens is 180 g/mol. The van der Waals surface area contributed by atoms with Crippen molar-refractivity contribution >= 4 is 5.97 Å². The van der Waals surface area contributed by atoms with Gasteiger partial charge in [-0.2, -0.15) is 0 Å². The van der Waals surface area contributed by atoms with Crippen LogP contribution in [-0.2, 0) is 9.53 Å². The van der Waals surface area contributed by atoms with Crippen molar-refractivity contribution in [2.45, 2.75) is 26.3 Å². The van der Waals surface area contributed by atoms with Crippen molar-refractivity contribution in [1.82, 2.24) is 9.55 Å². The number of rotatable bonds is 4. The summed E-state index contributed by atoms with van der Waals surface area (Å²) in [6.45, 7) is 4.15. The molecule has 0 spiro atoms. The second-order valence-electron chi connectivity index (χ2n) is 3.68. The fourth-order valence-electron chi connectivity index (χ4n) is 1.38. The van der Waals surface area contributed by atoms with Gasteiger partial charge in [0.25, 0.3) is 0 Å². The Morgan fingerprint density at radius 1 is 1.57 bits per heavy atom. The predicted molar refractivity (Wildman–Crippen MR) is 52.7 cm³/mol. The molecule has 1 rings (SSSR count). The molecule has 0 aromatic carbocycles. The average molecular weight is 196 g/mol. The molecule has 14 heavy (non-hydrogen) atoms. The molecule has 4 heteroatoms. The van der Waals surface area contributed by atoms with E-state index in [1.54, 1.807) is 23.3 Å². The molecule has 0 aliphatic heterocycles. The fourth-order valence-corrected chi connectivity index (χ4v) is 1.38. The summed E-state index contributed by atoms with van der Waals surface area (Å²) in [6, 6.07) is -0.248. The van der Waals surface area contributed by atoms with Gasteiger partial charge in [0.2, 0.25) is 0 Å². The highest BCUT2D eigenvalue weighted by Crippen LogP contribution is 2.18. The maximum atomic E-state index is 11.5. The van der Waals surface area contributed by atoms with Crippen LogP contribution in [-0.4, -0.2) is 22.6 Å². The fraction of sp³-hybridized carbons (Fsp3) is 0.600. The number of ether oxygens (including phenoxy) is 1. The number of hydrogen-bond acceptors (Lipinski definition) is 3. The van der Waals surface area contributed by atoms with Gasteiger partial charge in [-0.25, -0.2) is 9.78 Å². The van der Waals surface area contributed by atoms with Gasteiger partial charge >= 0.3 is 5.97 Å². The highest BCUT2D eigenvalue weighted by atomic mass is 16.5. The molecule has 1 atom stereocenters. The zero-order chi connectivity index (χ0) is 10.6. The molecule has 0 saturated carbocycles. The molecule has 0 bridgehead atoms. The van der Waals surface area contributed by atoms with Gasteiger partial charge in [-0.15, -0.1) is 0 Å². The van der Waals surface area contributed by atoms with Gasteiger partial charge in [0, 0.05) is 12.4 Å². The van der Waals surface area contributed by atoms with Crippen molar-refractivity contribution in [1.29, 1.82) is 0 Å². The number of methoxy groups -OCH3 is 1. The number of imidazole rings is 1. The number of nitrogens with zero attached hydrogens (tertiary/aromatic N) is 2. The minimum Gasteiger partial charge on any atom is -0.467 e. The second kappa shape index (κ2) is 4.79. The summed E-state index contributed by atoms with van der Waals surface area (Å²) in [6.07, 6.45) is 5.85. The highest BCUT2D eigenvalue weighted by Gasteiger charge is 2.21. The van der Waals surface area contributed by atoms with Crippen LogP contribution in [0.5, 0.6) is 0 Å². The molecule has 0 radical (unpaired) electrons. The molecule has 0 aliphatic rings. The van der Waals surface area contributed by atoms with E-state index in [-0.39, 0.29) is 12.0 Å². The van der Waals surface area contributed by atoms with Gasteiger partial charge < -0.3 is 9.30 Å². The molecule has 1 heterocycles. The van der Waals surface area contributed by atoms with Gasteiger partial charge in [-0.05, 0) is 12.3 Å². The zero-order valence-electron chi connectivity index (χ0n) is 8.80. The molecule has 0 fully saturated rings. The molecule has 0 N–H and O–H groups in total. The highest BCUT2D eigenvalue weighted by molar-refractivity contribution is 5.74. The normalized spacial score (nSPS) is 12.9. The summed E-state index contributed by atoms with van der Waals surface area (Å²) in [5.74, 6) is 0.234. The van der Waals surface area contributed by atoms with E-state index >= 15 is 0 Å². The van der Waals surface area contributed by atoms with Crippen molar-refractivity contribution in [3.05, 3.63) is 18.7 Å². The lowest BCUT2D eigenvalue weighted by molar-refractivity contribution is -0.145. The first-order chi connectivity index (χ1) is 6.65. The first kappa shape index (κ1) is 10.8. The van der Waals surface area contributed by atoms with Gasteiger partial charge in [-0.3, -0.25) is 0 Å². The van der Waals surface area contributed by atoms with E-state index in [0.29, 0.717) is 5.92 Å². The van der Waals surface area contributed by atoms with Crippen LogP contribution in [0.15, 0.2) is 18.7 Å². The van der Waals surface area contributed by atoms with Gasteiger partial charge in [0.05, 0.1) is 13.4 Å². The smallest absolute Gasteiger partial charge is 0.328 e. The third kappa shape index (κ3) is 2.58. The zero-order valence-corrected chi connectivity index (χ0v) is 8.80. The monoisotopic (exact) mass is 196 g/mol. The van der Waals surface area contributed by atoms with Crippen LogP contribution >= 0.6 is 0 Å². The minimum atomic E-state index is -0.248. The van der Waals surface area contributed by atoms with Crippen LogP contribution in [0.3, 0.4) is 0 Å². The van der Waals surface area contributed by atoms with Crippen LogP contribution in [0.2, 0.25) is 0 Å². The van der Waals surface area contributed by atoms with E-state index in [0.717, 1.165) is 6.42 Å². The predicted octanol–water partition coefficient (Wildman–Crippen LogP) is 1.64. The Hall–Kier alpha value is -1.32. The Morgan fingerprint density at radius 2 is 2.29 bits per heavy atom. The lowest BCUT2D eigenvalue weighted by Gasteiger charge is -2.17. The Kier molecular flexibility index (Phi) is 3.68. The van der Waals surface area contributed by atoms with Crippen LogP contribution in [0.25, 0.3) is 0 Å². The molecule has 0 unspecified atom stereocenters. The maximum Gasteiger partial charge on any atom is 0.328 e. The topological polar surface area (TPSA) is 44.1 Å². The molecular formula is C10H16N2O2. The first-order valence-corrected chi connectivity index (χ1v) is 4.70. The van der Waals surface area contributed by atoms with Gasteiger partial charge in [0.1, 0.15) is 6.04 Å². The molecule has 0 saturated heterocycles. The summed E-state index contributed by atoms with van der Waals surface area (Å²) < 4.78 is 6.53. The Balaban J connectivity index is 2.77. The van der Waals surface area contributed by atoms with E-state index in [4.69, 9.17) is 4.74 Å². The summed E-state index contributed by atoms with van der Waals surface area (Å²) in [4.78, 5) is 15.4. The van der Waals surface area contributed by atoms with Crippen LogP contribution in [0.1, 0.15) is 26.3 Å². The molecule has 1 aromatic rings. The number of hydrogen-bond donors (Lipinski definition) is 0. The number of esters is 1. The summed E-state index contributed by atoms with van der Waals surface area (Å²) in [7, 11) is 1.41. The van der Waals surface area contributed by atoms with Gasteiger partial charge in [0.15, 0.2) is 0 Å². The maximum absolute atomic E-state index is 11.5. The minimum absolute atomic E-state index is 0.211. The van der Waals surface area contributed by atoms with Gasteiger partial charge in [-0.1, -0.05) is 13.8 Å². The summed E-state index contributed by atoms with van der Waals surface area (Å²) >= 11 is 0. The molecule has 1 aromatic heterocycles. The third-order valence-electron chi connectivity index (χ3n) is 2.05. The molecule has 0 aliphatic carbocycles. The van der Waals surface area contributed by atoms with Crippen LogP contribution < -0.4 is 0 Å². The Labute approximate surface area is 83.9 Å². The van der Waals surface area contributed by atoms with E-state index in [2.05, 4.69) is 18.8 Å². The van der Waals surface area contributed by atoms with Crippen molar-refractivity contribution in [2.75, 3.05) is 7.11 Å². The Bertz CT molecular complexity index is 280. The largest absolute Gasteiger partial charge is 0.467 e. The van der Waals surface area contributed by atoms with Crippen LogP contribution in [0.4, 0.5) is 0 Å². The van der Waals surface area contributed by atoms with E-state index < -0.39 is 0 Å². The quantitative estimate of drug-likeness (QED) is 0.688. The standard InChI is InChI=1S/C10H16N2O2/c1-8(2)6-9(10(13)14-3)12-5-4-11-7-12/h4-5,7-9H,6H2,1-3H3/t9-/m1/s1. The lowest BCUT2D eigenvalue weighted by Crippen LogP contribution is -2.21. The van der Waals surface area contributed by atoms with Crippen molar-refractivity contribution in [2.24, 2.45) is 5.92 Å². The van der Waals surface area contributed by atoms with Crippen molar-refractivity contribution in [3.8, 4) is 0 Å². The SMILES string of the molecule is COC(=O)[C@@H](CC(C)C)n1ccnc1. The van der Waals surface area contributed by atoms with E-state index in [1.807, 2.05) is 0 Å². The van der Waals surface area contributed by atoms with Crippen LogP contribution in [0, 0.1) is 5.92 Å². The Morgan fingerprint density at radius 3 is 2.71 bits per heavy atom. The molecule has 78 valence electrons.